The predicted octanol–water partition coefficient (Wildman–Crippen LogP) is 10.4. The molecule has 0 radical (unpaired) electrons. The van der Waals surface area contributed by atoms with Crippen LogP contribution in [-0.2, 0) is 49.0 Å². The number of hydrogen-bond acceptors (Lipinski definition) is 0. The molecule has 8 aliphatic carbocycles. The molecule has 8 saturated carbocycles. The Labute approximate surface area is 414 Å². The molecule has 0 N–H and O–H groups in total. The zero-order chi connectivity index (χ0) is 42.3. The number of aryl methyl sites for hydroxylation is 2. The molecule has 336 valence electrons. The van der Waals surface area contributed by atoms with Crippen molar-refractivity contribution in [2.75, 3.05) is 0 Å². The van der Waals surface area contributed by atoms with E-state index in [4.69, 9.17) is 0 Å². The first-order valence-corrected chi connectivity index (χ1v) is 31.3. The molecule has 6 aromatic rings. The van der Waals surface area contributed by atoms with Crippen molar-refractivity contribution in [2.24, 2.45) is 59.2 Å². The summed E-state index contributed by atoms with van der Waals surface area (Å²) >= 11 is 1.79. The van der Waals surface area contributed by atoms with E-state index < -0.39 is 0 Å². The van der Waals surface area contributed by atoms with Crippen molar-refractivity contribution in [3.8, 4) is 22.3 Å². The van der Waals surface area contributed by atoms with Gasteiger partial charge in [-0.1, -0.05) is 85.6 Å². The molecule has 0 spiro atoms. The number of halogens is 2. The van der Waals surface area contributed by atoms with E-state index in [1.807, 2.05) is 0 Å². The quantitative estimate of drug-likeness (QED) is 0.0948. The Morgan fingerprint density at radius 1 is 0.500 bits per heavy atom. The summed E-state index contributed by atoms with van der Waals surface area (Å²) in [6.07, 6.45) is 21.6. The molecule has 64 heavy (non-hydrogen) atoms. The standard InChI is InChI=1S/2C28H31.C4H10Si.2ClH.Zr/c2*1-2-18-6-8-22(9-7-18)26-5-3-4-23-11-21(17-28(23)26)16-27-24-12-19-10-20(14-24)15-25(27)13-19;1-3-4-5-2;;;/h2*3-9,11,17,19-20,24-25,27H,2,10,12-16H2,1H3;3-4H2,1-2H3;2*1H;/q2*-1;;;;+2/p-2. The molecule has 14 rings (SSSR count). The summed E-state index contributed by atoms with van der Waals surface area (Å²) < 4.78 is 0. The van der Waals surface area contributed by atoms with Gasteiger partial charge in [-0.3, -0.25) is 0 Å². The predicted molar refractivity (Wildman–Crippen MR) is 264 cm³/mol. The Morgan fingerprint density at radius 3 is 1.16 bits per heavy atom. The van der Waals surface area contributed by atoms with Gasteiger partial charge in [-0.05, 0) is 171 Å². The van der Waals surface area contributed by atoms with Crippen molar-refractivity contribution in [2.45, 2.75) is 130 Å². The summed E-state index contributed by atoms with van der Waals surface area (Å²) in [5, 5.41) is 5.75. The molecule has 0 heterocycles. The van der Waals surface area contributed by atoms with E-state index in [1.165, 1.54) is 132 Å². The molecule has 0 aromatic heterocycles. The molecule has 8 bridgehead atoms. The molecule has 6 aromatic carbocycles. The number of fused-ring (bicyclic) bond motifs is 2. The van der Waals surface area contributed by atoms with Crippen LogP contribution < -0.4 is 24.8 Å². The molecular weight excluding hydrogens is 911 g/mol. The van der Waals surface area contributed by atoms with Crippen molar-refractivity contribution in [1.29, 1.82) is 0 Å². The van der Waals surface area contributed by atoms with E-state index >= 15 is 0 Å². The first kappa shape index (κ1) is 48.2. The summed E-state index contributed by atoms with van der Waals surface area (Å²) in [5.74, 6) is 10.3. The molecule has 0 atom stereocenters. The summed E-state index contributed by atoms with van der Waals surface area (Å²) in [6.45, 7) is 9.11. The second kappa shape index (κ2) is 21.4. The average molecular weight is 983 g/mol. The Hall–Kier alpha value is -2.22. The number of rotatable bonds is 10. The molecule has 4 heteroatoms. The largest absolute Gasteiger partial charge is 1.00 e. The van der Waals surface area contributed by atoms with Crippen LogP contribution in [0, 0.1) is 59.2 Å². The summed E-state index contributed by atoms with van der Waals surface area (Å²) in [6, 6.07) is 43.6. The minimum atomic E-state index is 0. The van der Waals surface area contributed by atoms with Gasteiger partial charge in [-0.15, -0.1) is 69.1 Å². The van der Waals surface area contributed by atoms with E-state index in [-0.39, 0.29) is 30.2 Å². The van der Waals surface area contributed by atoms with Crippen LogP contribution in [-0.4, -0.2) is 5.43 Å². The Morgan fingerprint density at radius 2 is 0.859 bits per heavy atom. The van der Waals surface area contributed by atoms with Gasteiger partial charge in [-0.2, -0.15) is 12.1 Å². The van der Waals surface area contributed by atoms with Crippen LogP contribution in [0.25, 0.3) is 43.8 Å². The minimum absolute atomic E-state index is 0. The van der Waals surface area contributed by atoms with E-state index in [0.29, 0.717) is 0 Å². The molecular formula is C60H72Cl2SiZr-2. The monoisotopic (exact) mass is 980 g/mol. The third-order valence-corrected chi connectivity index (χ3v) is 20.5. The second-order valence-electron chi connectivity index (χ2n) is 21.6. The second-order valence-corrected chi connectivity index (χ2v) is 29.9. The first-order chi connectivity index (χ1) is 30.3. The Balaban J connectivity index is 0.000000151. The fraction of sp³-hybridized carbons (Fsp3) is 0.500. The van der Waals surface area contributed by atoms with Crippen molar-refractivity contribution in [3.63, 3.8) is 0 Å². The molecule has 0 nitrogen and oxygen atoms in total. The normalized spacial score (nSPS) is 27.9. The first-order valence-electron chi connectivity index (χ1n) is 25.4. The minimum Gasteiger partial charge on any atom is -1.00 e. The van der Waals surface area contributed by atoms with Crippen molar-refractivity contribution in [1.82, 2.24) is 0 Å². The van der Waals surface area contributed by atoms with Crippen LogP contribution in [0.3, 0.4) is 0 Å². The maximum Gasteiger partial charge on any atom is -0.0279 e. The van der Waals surface area contributed by atoms with Crippen LogP contribution in [0.2, 0.25) is 12.6 Å². The van der Waals surface area contributed by atoms with Crippen LogP contribution in [0.15, 0.2) is 109 Å². The molecule has 0 aliphatic heterocycles. The van der Waals surface area contributed by atoms with Crippen molar-refractivity contribution in [3.05, 3.63) is 131 Å². The van der Waals surface area contributed by atoms with Crippen LogP contribution in [0.5, 0.6) is 0 Å². The fourth-order valence-electron chi connectivity index (χ4n) is 14.8. The van der Waals surface area contributed by atoms with Gasteiger partial charge in [0.15, 0.2) is 0 Å². The van der Waals surface area contributed by atoms with Gasteiger partial charge in [0, 0.05) is 0 Å². The van der Waals surface area contributed by atoms with Gasteiger partial charge in [0.2, 0.25) is 0 Å². The van der Waals surface area contributed by atoms with Gasteiger partial charge in [0.05, 0.1) is 0 Å². The maximum absolute atomic E-state index is 2.52. The maximum atomic E-state index is 2.52. The van der Waals surface area contributed by atoms with Crippen LogP contribution in [0.1, 0.15) is 114 Å². The van der Waals surface area contributed by atoms with Crippen molar-refractivity contribution >= 4 is 27.0 Å². The van der Waals surface area contributed by atoms with Gasteiger partial charge < -0.3 is 24.8 Å². The van der Waals surface area contributed by atoms with E-state index in [1.54, 1.807) is 47.3 Å². The fourth-order valence-corrected chi connectivity index (χ4v) is 17.4. The average Bonchev–Trinajstić information content (AvgIpc) is 3.90. The Kier molecular flexibility index (Phi) is 16.1. The molecule has 8 fully saturated rings. The zero-order valence-corrected chi connectivity index (χ0v) is 44.2. The zero-order valence-electron chi connectivity index (χ0n) is 39.2. The number of benzene rings is 4. The molecule has 0 amide bonds. The SMILES string of the molecule is CCC[Si](C)=[Zr+2].CCc1ccc(-c2cccc3[cH-]c(CC4C5CC6CC(C5)CC4C6)cc23)cc1.CCc1ccc(-c2cccc3[cH-]c(CC4C5CC6CC(C5)CC4C6)cc23)cc1.[Cl-].[Cl-]. The Bertz CT molecular complexity index is 2250. The van der Waals surface area contributed by atoms with Gasteiger partial charge in [0.1, 0.15) is 0 Å². The van der Waals surface area contributed by atoms with E-state index in [9.17, 15) is 0 Å². The van der Waals surface area contributed by atoms with Gasteiger partial charge in [0.25, 0.3) is 0 Å². The number of hydrogen-bond donors (Lipinski definition) is 0. The molecule has 8 aliphatic rings. The molecule has 0 unspecified atom stereocenters. The smallest absolute Gasteiger partial charge is 0.0279 e. The van der Waals surface area contributed by atoms with Crippen molar-refractivity contribution < 1.29 is 48.1 Å². The van der Waals surface area contributed by atoms with Gasteiger partial charge in [-0.25, -0.2) is 0 Å². The summed E-state index contributed by atoms with van der Waals surface area (Å²) in [4.78, 5) is 0. The van der Waals surface area contributed by atoms with Crippen LogP contribution >= 0.6 is 0 Å². The third-order valence-electron chi connectivity index (χ3n) is 17.4. The van der Waals surface area contributed by atoms with E-state index in [0.717, 1.165) is 72.0 Å². The summed E-state index contributed by atoms with van der Waals surface area (Å²) in [5.41, 5.74) is 11.7. The van der Waals surface area contributed by atoms with Gasteiger partial charge >= 0.3 is 54.7 Å². The topological polar surface area (TPSA) is 0 Å². The van der Waals surface area contributed by atoms with Crippen LogP contribution in [0.4, 0.5) is 0 Å². The van der Waals surface area contributed by atoms with E-state index in [2.05, 4.69) is 137 Å². The molecule has 0 saturated heterocycles. The summed E-state index contributed by atoms with van der Waals surface area (Å²) in [7, 11) is 0. The third kappa shape index (κ3) is 10.4.